The van der Waals surface area contributed by atoms with Gasteiger partial charge < -0.3 is 19.5 Å². The Morgan fingerprint density at radius 1 is 1.14 bits per heavy atom. The molecule has 0 aliphatic carbocycles. The predicted molar refractivity (Wildman–Crippen MR) is 127 cm³/mol. The molecule has 1 amide bonds. The molecule has 1 N–H and O–H groups in total. The van der Waals surface area contributed by atoms with Crippen LogP contribution in [-0.4, -0.2) is 46.5 Å². The summed E-state index contributed by atoms with van der Waals surface area (Å²) in [6, 6.07) is 14.1. The van der Waals surface area contributed by atoms with E-state index in [4.69, 9.17) is 14.2 Å². The zero-order valence-corrected chi connectivity index (χ0v) is 20.3. The standard InChI is InChI=1S/C24H26N2O8S/c1-4-32-22(28)24(3,35-18-8-6-5-7-9-18)20-19(21(27)25-20)15(2)34-23(29)33-14-16-10-12-17(13-11-16)26(30)31/h5-13,15,19-20H,4,14H2,1-3H3,(H,25,27)/t15-,19-,20+,24?/m1/s1. The van der Waals surface area contributed by atoms with E-state index in [1.54, 1.807) is 20.8 Å². The van der Waals surface area contributed by atoms with Crippen LogP contribution in [0.3, 0.4) is 0 Å². The molecule has 0 aromatic heterocycles. The summed E-state index contributed by atoms with van der Waals surface area (Å²) in [5.74, 6) is -1.64. The van der Waals surface area contributed by atoms with Gasteiger partial charge in [-0.05, 0) is 50.6 Å². The Morgan fingerprint density at radius 2 is 1.80 bits per heavy atom. The first-order valence-electron chi connectivity index (χ1n) is 10.9. The van der Waals surface area contributed by atoms with Crippen molar-refractivity contribution >= 4 is 35.5 Å². The number of benzene rings is 2. The number of rotatable bonds is 10. The first-order valence-corrected chi connectivity index (χ1v) is 11.8. The number of carbonyl (C=O) groups excluding carboxylic acids is 3. The third-order valence-electron chi connectivity index (χ3n) is 5.60. The molecule has 1 saturated heterocycles. The first-order chi connectivity index (χ1) is 16.7. The molecule has 0 spiro atoms. The number of thioether (sulfide) groups is 1. The largest absolute Gasteiger partial charge is 0.508 e. The quantitative estimate of drug-likeness (QED) is 0.169. The van der Waals surface area contributed by atoms with Crippen LogP contribution in [-0.2, 0) is 30.4 Å². The van der Waals surface area contributed by atoms with Crippen molar-refractivity contribution in [3.63, 3.8) is 0 Å². The third-order valence-corrected chi connectivity index (χ3v) is 6.95. The van der Waals surface area contributed by atoms with Crippen molar-refractivity contribution in [3.05, 3.63) is 70.3 Å². The van der Waals surface area contributed by atoms with E-state index in [0.717, 1.165) is 4.90 Å². The number of non-ortho nitro benzene ring substituents is 1. The summed E-state index contributed by atoms with van der Waals surface area (Å²) in [6.07, 6.45) is -1.88. The molecule has 0 bridgehead atoms. The number of carbonyl (C=O) groups is 3. The highest BCUT2D eigenvalue weighted by Gasteiger charge is 2.58. The fraction of sp³-hybridized carbons (Fsp3) is 0.375. The lowest BCUT2D eigenvalue weighted by Gasteiger charge is -2.47. The molecule has 1 aliphatic heterocycles. The van der Waals surface area contributed by atoms with Gasteiger partial charge in [0, 0.05) is 17.0 Å². The van der Waals surface area contributed by atoms with Gasteiger partial charge in [0.1, 0.15) is 17.5 Å². The monoisotopic (exact) mass is 502 g/mol. The minimum absolute atomic E-state index is 0.0787. The second kappa shape index (κ2) is 11.2. The molecule has 4 atom stereocenters. The topological polar surface area (TPSA) is 134 Å². The highest BCUT2D eigenvalue weighted by Crippen LogP contribution is 2.43. The van der Waals surface area contributed by atoms with Crippen LogP contribution in [0.2, 0.25) is 0 Å². The number of hydrogen-bond acceptors (Lipinski definition) is 9. The van der Waals surface area contributed by atoms with Crippen molar-refractivity contribution in [1.82, 2.24) is 5.32 Å². The van der Waals surface area contributed by atoms with Crippen LogP contribution < -0.4 is 5.32 Å². The molecule has 10 nitrogen and oxygen atoms in total. The molecule has 0 saturated carbocycles. The van der Waals surface area contributed by atoms with E-state index in [1.165, 1.54) is 36.0 Å². The van der Waals surface area contributed by atoms with Crippen LogP contribution in [0.25, 0.3) is 0 Å². The average Bonchev–Trinajstić information content (AvgIpc) is 2.82. The molecule has 1 unspecified atom stereocenters. The number of esters is 1. The van der Waals surface area contributed by atoms with E-state index in [-0.39, 0.29) is 24.8 Å². The molecule has 1 fully saturated rings. The molecular formula is C24H26N2O8S. The van der Waals surface area contributed by atoms with Crippen LogP contribution in [0.5, 0.6) is 0 Å². The normalized spacial score (nSPS) is 19.3. The molecular weight excluding hydrogens is 476 g/mol. The van der Waals surface area contributed by atoms with Gasteiger partial charge in [0.2, 0.25) is 5.91 Å². The summed E-state index contributed by atoms with van der Waals surface area (Å²) in [4.78, 5) is 48.7. The fourth-order valence-corrected chi connectivity index (χ4v) is 4.97. The zero-order valence-electron chi connectivity index (χ0n) is 19.5. The summed E-state index contributed by atoms with van der Waals surface area (Å²) in [6.45, 7) is 4.97. The fourth-order valence-electron chi connectivity index (χ4n) is 3.71. The van der Waals surface area contributed by atoms with Gasteiger partial charge >= 0.3 is 12.1 Å². The number of hydrogen-bond donors (Lipinski definition) is 1. The van der Waals surface area contributed by atoms with Gasteiger partial charge in [0.15, 0.2) is 0 Å². The molecule has 2 aromatic rings. The number of nitrogens with zero attached hydrogens (tertiary/aromatic N) is 1. The van der Waals surface area contributed by atoms with E-state index in [9.17, 15) is 24.5 Å². The van der Waals surface area contributed by atoms with Crippen LogP contribution in [0.15, 0.2) is 59.5 Å². The van der Waals surface area contributed by atoms with Gasteiger partial charge in [-0.1, -0.05) is 18.2 Å². The van der Waals surface area contributed by atoms with Crippen LogP contribution in [0.1, 0.15) is 26.3 Å². The van der Waals surface area contributed by atoms with Crippen molar-refractivity contribution in [2.75, 3.05) is 6.61 Å². The lowest BCUT2D eigenvalue weighted by atomic mass is 9.78. The molecule has 3 rings (SSSR count). The smallest absolute Gasteiger partial charge is 0.465 e. The van der Waals surface area contributed by atoms with Gasteiger partial charge in [-0.25, -0.2) is 4.79 Å². The van der Waals surface area contributed by atoms with Crippen molar-refractivity contribution < 1.29 is 33.5 Å². The van der Waals surface area contributed by atoms with Crippen molar-refractivity contribution in [2.24, 2.45) is 5.92 Å². The molecule has 1 aliphatic rings. The lowest BCUT2D eigenvalue weighted by Crippen LogP contribution is -2.71. The summed E-state index contributed by atoms with van der Waals surface area (Å²) in [5.41, 5.74) is 0.457. The molecule has 1 heterocycles. The maximum atomic E-state index is 13.0. The van der Waals surface area contributed by atoms with Gasteiger partial charge in [-0.2, -0.15) is 0 Å². The Kier molecular flexibility index (Phi) is 8.34. The third kappa shape index (κ3) is 6.10. The maximum Gasteiger partial charge on any atom is 0.508 e. The van der Waals surface area contributed by atoms with Crippen molar-refractivity contribution in [2.45, 2.75) is 49.2 Å². The summed E-state index contributed by atoms with van der Waals surface area (Å²) >= 11 is 1.27. The average molecular weight is 503 g/mol. The number of nitrogens with one attached hydrogen (secondary N) is 1. The number of amides is 1. The number of ether oxygens (including phenoxy) is 3. The van der Waals surface area contributed by atoms with E-state index in [2.05, 4.69) is 5.32 Å². The van der Waals surface area contributed by atoms with E-state index in [1.807, 2.05) is 30.3 Å². The number of β-lactam (4-membered cyclic amide) rings is 1. The lowest BCUT2D eigenvalue weighted by molar-refractivity contribution is -0.384. The van der Waals surface area contributed by atoms with Crippen molar-refractivity contribution in [1.29, 1.82) is 0 Å². The summed E-state index contributed by atoms with van der Waals surface area (Å²) in [7, 11) is 0. The molecule has 35 heavy (non-hydrogen) atoms. The van der Waals surface area contributed by atoms with Crippen LogP contribution >= 0.6 is 11.8 Å². The molecule has 0 radical (unpaired) electrons. The number of nitro benzene ring substituents is 1. The maximum absolute atomic E-state index is 13.0. The van der Waals surface area contributed by atoms with Crippen LogP contribution in [0, 0.1) is 16.0 Å². The van der Waals surface area contributed by atoms with Gasteiger partial charge in [0.05, 0.1) is 23.5 Å². The minimum Gasteiger partial charge on any atom is -0.465 e. The highest BCUT2D eigenvalue weighted by atomic mass is 32.2. The summed E-state index contributed by atoms with van der Waals surface area (Å²) in [5, 5.41) is 13.5. The van der Waals surface area contributed by atoms with E-state index < -0.39 is 39.9 Å². The first kappa shape index (κ1) is 26.0. The Balaban J connectivity index is 1.66. The Hall–Kier alpha value is -3.60. The van der Waals surface area contributed by atoms with Gasteiger partial charge in [-0.3, -0.25) is 19.7 Å². The summed E-state index contributed by atoms with van der Waals surface area (Å²) < 4.78 is 14.6. The molecule has 186 valence electrons. The Morgan fingerprint density at radius 3 is 2.37 bits per heavy atom. The van der Waals surface area contributed by atoms with E-state index >= 15 is 0 Å². The predicted octanol–water partition coefficient (Wildman–Crippen LogP) is 3.87. The molecule has 11 heteroatoms. The zero-order chi connectivity index (χ0) is 25.6. The van der Waals surface area contributed by atoms with E-state index in [0.29, 0.717) is 5.56 Å². The second-order valence-corrected chi connectivity index (χ2v) is 9.56. The second-order valence-electron chi connectivity index (χ2n) is 8.04. The number of nitro groups is 1. The highest BCUT2D eigenvalue weighted by molar-refractivity contribution is 8.01. The van der Waals surface area contributed by atoms with Crippen molar-refractivity contribution in [3.8, 4) is 0 Å². The minimum atomic E-state index is -1.17. The van der Waals surface area contributed by atoms with Gasteiger partial charge in [-0.15, -0.1) is 11.8 Å². The molecule has 2 aromatic carbocycles. The van der Waals surface area contributed by atoms with Crippen LogP contribution in [0.4, 0.5) is 10.5 Å². The Labute approximate surface area is 206 Å². The van der Waals surface area contributed by atoms with Gasteiger partial charge in [0.25, 0.3) is 5.69 Å². The Bertz CT molecular complexity index is 1080. The SMILES string of the molecule is CCOC(=O)C(C)(Sc1ccccc1)[C@H]1NC(=O)[C@@H]1[C@@H](C)OC(=O)OCc1ccc([N+](=O)[O-])cc1.